The maximum absolute atomic E-state index is 12.8. The Morgan fingerprint density at radius 1 is 1.19 bits per heavy atom. The number of ether oxygens (including phenoxy) is 2. The first-order valence-electron chi connectivity index (χ1n) is 9.93. The number of para-hydroxylation sites is 1. The van der Waals surface area contributed by atoms with Crippen molar-refractivity contribution in [3.8, 4) is 17.2 Å². The molecule has 1 aromatic heterocycles. The average Bonchev–Trinajstić information content (AvgIpc) is 3.42. The number of carbonyl (C=O) groups excluding carboxylic acids is 1. The maximum Gasteiger partial charge on any atom is 0.311 e. The highest BCUT2D eigenvalue weighted by Gasteiger charge is 2.27. The van der Waals surface area contributed by atoms with Crippen molar-refractivity contribution in [1.29, 1.82) is 0 Å². The second-order valence-electron chi connectivity index (χ2n) is 7.10. The highest BCUT2D eigenvalue weighted by molar-refractivity contribution is 5.95. The number of nitrogens with zero attached hydrogens (tertiary/aromatic N) is 4. The molecule has 164 valence electrons. The van der Waals surface area contributed by atoms with E-state index in [1.165, 1.54) is 32.6 Å². The largest absolute Gasteiger partial charge is 0.496 e. The molecule has 0 atom stereocenters. The number of amides is 1. The molecule has 0 saturated heterocycles. The standard InChI is InChI=1S/C22H21N5O5/c1-31-19-12-20(32-2)18(27(29)30)11-14(19)13-23-24-22(28)21-16-9-6-10-17(16)26(25-21)15-7-4-3-5-8-15/h3-5,7-8,11-13H,6,9-10H2,1-2H3,(H,24,28)/b23-13+. The van der Waals surface area contributed by atoms with Crippen molar-refractivity contribution in [2.75, 3.05) is 14.2 Å². The fourth-order valence-corrected chi connectivity index (χ4v) is 3.77. The number of carbonyl (C=O) groups is 1. The SMILES string of the molecule is COc1cc(OC)c([N+](=O)[O-])cc1/C=N/NC(=O)c1nn(-c2ccccc2)c2c1CCC2. The lowest BCUT2D eigenvalue weighted by Crippen LogP contribution is -2.20. The molecule has 1 heterocycles. The summed E-state index contributed by atoms with van der Waals surface area (Å²) in [5.74, 6) is -0.0641. The van der Waals surface area contributed by atoms with Crippen LogP contribution in [0.15, 0.2) is 47.6 Å². The van der Waals surface area contributed by atoms with Crippen LogP contribution in [0.4, 0.5) is 5.69 Å². The van der Waals surface area contributed by atoms with Crippen LogP contribution >= 0.6 is 0 Å². The molecule has 0 spiro atoms. The third-order valence-corrected chi connectivity index (χ3v) is 5.24. The summed E-state index contributed by atoms with van der Waals surface area (Å²) >= 11 is 0. The van der Waals surface area contributed by atoms with Crippen molar-refractivity contribution in [2.24, 2.45) is 5.10 Å². The molecule has 10 nitrogen and oxygen atoms in total. The van der Waals surface area contributed by atoms with Crippen LogP contribution in [0.25, 0.3) is 5.69 Å². The molecule has 1 aliphatic carbocycles. The third kappa shape index (κ3) is 3.89. The molecule has 3 aromatic rings. The number of methoxy groups -OCH3 is 2. The molecule has 0 unspecified atom stereocenters. The molecule has 4 rings (SSSR count). The van der Waals surface area contributed by atoms with E-state index in [0.717, 1.165) is 36.2 Å². The van der Waals surface area contributed by atoms with Crippen molar-refractivity contribution in [2.45, 2.75) is 19.3 Å². The molecule has 1 amide bonds. The summed E-state index contributed by atoms with van der Waals surface area (Å²) in [6.45, 7) is 0. The molecule has 0 bridgehead atoms. The van der Waals surface area contributed by atoms with Gasteiger partial charge in [0.1, 0.15) is 5.75 Å². The van der Waals surface area contributed by atoms with Crippen LogP contribution in [0.2, 0.25) is 0 Å². The third-order valence-electron chi connectivity index (χ3n) is 5.24. The number of aromatic nitrogens is 2. The van der Waals surface area contributed by atoms with Crippen molar-refractivity contribution in [3.05, 3.63) is 75.1 Å². The fourth-order valence-electron chi connectivity index (χ4n) is 3.77. The lowest BCUT2D eigenvalue weighted by atomic mass is 10.1. The van der Waals surface area contributed by atoms with E-state index in [4.69, 9.17) is 9.47 Å². The molecule has 0 fully saturated rings. The summed E-state index contributed by atoms with van der Waals surface area (Å²) in [6.07, 6.45) is 3.86. The minimum Gasteiger partial charge on any atom is -0.496 e. The molecular weight excluding hydrogens is 414 g/mol. The Morgan fingerprint density at radius 2 is 1.94 bits per heavy atom. The van der Waals surface area contributed by atoms with Gasteiger partial charge in [0.05, 0.1) is 31.0 Å². The van der Waals surface area contributed by atoms with E-state index in [2.05, 4.69) is 15.6 Å². The van der Waals surface area contributed by atoms with Gasteiger partial charge in [-0.1, -0.05) is 18.2 Å². The predicted molar refractivity (Wildman–Crippen MR) is 117 cm³/mol. The summed E-state index contributed by atoms with van der Waals surface area (Å²) in [5, 5.41) is 19.8. The Balaban J connectivity index is 1.59. The number of nitrogens with one attached hydrogen (secondary N) is 1. The van der Waals surface area contributed by atoms with E-state index in [1.54, 1.807) is 4.68 Å². The average molecular weight is 435 g/mol. The quantitative estimate of drug-likeness (QED) is 0.346. The molecule has 32 heavy (non-hydrogen) atoms. The van der Waals surface area contributed by atoms with Crippen LogP contribution in [0.5, 0.6) is 11.5 Å². The minimum atomic E-state index is -0.562. The Bertz CT molecular complexity index is 1200. The van der Waals surface area contributed by atoms with E-state index in [9.17, 15) is 14.9 Å². The van der Waals surface area contributed by atoms with Crippen LogP contribution in [0, 0.1) is 10.1 Å². The zero-order valence-electron chi connectivity index (χ0n) is 17.6. The van der Waals surface area contributed by atoms with E-state index in [-0.39, 0.29) is 11.4 Å². The Hall–Kier alpha value is -4.21. The molecule has 10 heteroatoms. The van der Waals surface area contributed by atoms with Gasteiger partial charge >= 0.3 is 5.69 Å². The van der Waals surface area contributed by atoms with Crippen LogP contribution in [-0.2, 0) is 12.8 Å². The summed E-state index contributed by atoms with van der Waals surface area (Å²) in [7, 11) is 2.76. The van der Waals surface area contributed by atoms with Gasteiger partial charge in [-0.2, -0.15) is 10.2 Å². The number of fused-ring (bicyclic) bond motifs is 1. The number of hydrogen-bond donors (Lipinski definition) is 1. The van der Waals surface area contributed by atoms with Crippen molar-refractivity contribution >= 4 is 17.8 Å². The predicted octanol–water partition coefficient (Wildman–Crippen LogP) is 3.05. The second kappa shape index (κ2) is 8.88. The molecule has 1 aliphatic rings. The molecule has 0 aliphatic heterocycles. The molecule has 0 saturated carbocycles. The van der Waals surface area contributed by atoms with Gasteiger partial charge in [-0.25, -0.2) is 10.1 Å². The van der Waals surface area contributed by atoms with Gasteiger partial charge in [0.15, 0.2) is 5.69 Å². The maximum atomic E-state index is 12.8. The van der Waals surface area contributed by atoms with E-state index < -0.39 is 10.8 Å². The number of benzene rings is 2. The second-order valence-corrected chi connectivity index (χ2v) is 7.10. The first-order valence-corrected chi connectivity index (χ1v) is 9.93. The van der Waals surface area contributed by atoms with Gasteiger partial charge < -0.3 is 9.47 Å². The van der Waals surface area contributed by atoms with Gasteiger partial charge in [0.2, 0.25) is 5.75 Å². The summed E-state index contributed by atoms with van der Waals surface area (Å²) < 4.78 is 12.1. The van der Waals surface area contributed by atoms with Gasteiger partial charge in [0, 0.05) is 29.0 Å². The van der Waals surface area contributed by atoms with E-state index in [0.29, 0.717) is 17.0 Å². The van der Waals surface area contributed by atoms with Crippen LogP contribution < -0.4 is 14.9 Å². The lowest BCUT2D eigenvalue weighted by Gasteiger charge is -2.08. The highest BCUT2D eigenvalue weighted by atomic mass is 16.6. The summed E-state index contributed by atoms with van der Waals surface area (Å²) in [6, 6.07) is 12.3. The number of nitro benzene ring substituents is 1. The first-order chi connectivity index (χ1) is 15.5. The fraction of sp³-hybridized carbons (Fsp3) is 0.227. The topological polar surface area (TPSA) is 121 Å². The van der Waals surface area contributed by atoms with Crippen LogP contribution in [0.1, 0.15) is 33.7 Å². The number of nitro groups is 1. The molecular formula is C22H21N5O5. The highest BCUT2D eigenvalue weighted by Crippen LogP contribution is 2.33. The van der Waals surface area contributed by atoms with Gasteiger partial charge in [-0.3, -0.25) is 14.9 Å². The monoisotopic (exact) mass is 435 g/mol. The van der Waals surface area contributed by atoms with Crippen LogP contribution in [-0.4, -0.2) is 41.0 Å². The number of hydrogen-bond acceptors (Lipinski definition) is 7. The van der Waals surface area contributed by atoms with Crippen LogP contribution in [0.3, 0.4) is 0 Å². The number of rotatable bonds is 7. The molecule has 1 N–H and O–H groups in total. The van der Waals surface area contributed by atoms with Crippen molar-refractivity contribution < 1.29 is 19.2 Å². The Kier molecular flexibility index (Phi) is 5.84. The molecule has 0 radical (unpaired) electrons. The zero-order chi connectivity index (χ0) is 22.7. The van der Waals surface area contributed by atoms with Gasteiger partial charge in [-0.05, 0) is 31.4 Å². The van der Waals surface area contributed by atoms with E-state index in [1.807, 2.05) is 30.3 Å². The van der Waals surface area contributed by atoms with E-state index >= 15 is 0 Å². The van der Waals surface area contributed by atoms with Gasteiger partial charge in [-0.15, -0.1) is 0 Å². The van der Waals surface area contributed by atoms with Crippen molar-refractivity contribution in [3.63, 3.8) is 0 Å². The number of hydrazone groups is 1. The Morgan fingerprint density at radius 3 is 2.62 bits per heavy atom. The lowest BCUT2D eigenvalue weighted by molar-refractivity contribution is -0.385. The zero-order valence-corrected chi connectivity index (χ0v) is 17.6. The minimum absolute atomic E-state index is 0.0649. The first kappa shape index (κ1) is 21.0. The Labute approximate surface area is 183 Å². The van der Waals surface area contributed by atoms with Crippen molar-refractivity contribution in [1.82, 2.24) is 15.2 Å². The van der Waals surface area contributed by atoms with Gasteiger partial charge in [0.25, 0.3) is 5.91 Å². The smallest absolute Gasteiger partial charge is 0.311 e. The molecule has 2 aromatic carbocycles. The normalized spacial score (nSPS) is 12.6. The summed E-state index contributed by atoms with van der Waals surface area (Å²) in [5.41, 5.74) is 5.71. The summed E-state index contributed by atoms with van der Waals surface area (Å²) in [4.78, 5) is 23.5.